The van der Waals surface area contributed by atoms with E-state index in [0.29, 0.717) is 0 Å². The van der Waals surface area contributed by atoms with Crippen molar-refractivity contribution in [2.24, 2.45) is 0 Å². The standard InChI is InChI=1S/C19H25N3O2/c1-23-18-6-5-16(12-19(18)24-2)14-21-8-10-22(11-9-21)15-17-4-3-7-20-13-17/h3-7,12-13H,8-11,14-15H2,1-2H3. The molecule has 0 aliphatic carbocycles. The monoisotopic (exact) mass is 327 g/mol. The van der Waals surface area contributed by atoms with Gasteiger partial charge in [-0.05, 0) is 29.3 Å². The van der Waals surface area contributed by atoms with Crippen molar-refractivity contribution in [1.29, 1.82) is 0 Å². The predicted molar refractivity (Wildman–Crippen MR) is 94.3 cm³/mol. The molecule has 0 spiro atoms. The summed E-state index contributed by atoms with van der Waals surface area (Å²) in [6.07, 6.45) is 3.78. The summed E-state index contributed by atoms with van der Waals surface area (Å²) in [7, 11) is 3.35. The van der Waals surface area contributed by atoms with Crippen LogP contribution in [0.2, 0.25) is 0 Å². The van der Waals surface area contributed by atoms with Gasteiger partial charge in [-0.1, -0.05) is 12.1 Å². The Labute approximate surface area is 143 Å². The van der Waals surface area contributed by atoms with Crippen LogP contribution < -0.4 is 9.47 Å². The molecule has 1 aromatic heterocycles. The number of hydrogen-bond donors (Lipinski definition) is 0. The molecule has 3 rings (SSSR count). The van der Waals surface area contributed by atoms with Crippen LogP contribution in [0.25, 0.3) is 0 Å². The topological polar surface area (TPSA) is 37.8 Å². The molecule has 0 bridgehead atoms. The van der Waals surface area contributed by atoms with Gasteiger partial charge in [0.25, 0.3) is 0 Å². The van der Waals surface area contributed by atoms with Gasteiger partial charge in [0.15, 0.2) is 11.5 Å². The summed E-state index contributed by atoms with van der Waals surface area (Å²) in [6.45, 7) is 6.26. The fourth-order valence-electron chi connectivity index (χ4n) is 3.09. The first-order chi connectivity index (χ1) is 11.8. The van der Waals surface area contributed by atoms with Gasteiger partial charge in [0.05, 0.1) is 14.2 Å². The van der Waals surface area contributed by atoms with Crippen LogP contribution in [0.15, 0.2) is 42.7 Å². The lowest BCUT2D eigenvalue weighted by molar-refractivity contribution is 0.122. The van der Waals surface area contributed by atoms with E-state index in [2.05, 4.69) is 33.0 Å². The van der Waals surface area contributed by atoms with Gasteiger partial charge < -0.3 is 9.47 Å². The lowest BCUT2D eigenvalue weighted by atomic mass is 10.1. The summed E-state index contributed by atoms with van der Waals surface area (Å²) < 4.78 is 10.7. The van der Waals surface area contributed by atoms with Gasteiger partial charge in [-0.3, -0.25) is 14.8 Å². The molecule has 1 saturated heterocycles. The molecule has 5 heteroatoms. The zero-order valence-electron chi connectivity index (χ0n) is 14.4. The molecular formula is C19H25N3O2. The molecule has 1 aliphatic heterocycles. The highest BCUT2D eigenvalue weighted by Gasteiger charge is 2.17. The third kappa shape index (κ3) is 4.24. The Bertz CT molecular complexity index is 640. The van der Waals surface area contributed by atoms with Crippen LogP contribution in [-0.2, 0) is 13.1 Å². The SMILES string of the molecule is COc1ccc(CN2CCN(Cc3cccnc3)CC2)cc1OC. The molecular weight excluding hydrogens is 302 g/mol. The van der Waals surface area contributed by atoms with E-state index in [4.69, 9.17) is 9.47 Å². The van der Waals surface area contributed by atoms with E-state index in [1.54, 1.807) is 14.2 Å². The van der Waals surface area contributed by atoms with Crippen LogP contribution in [0.4, 0.5) is 0 Å². The van der Waals surface area contributed by atoms with E-state index in [9.17, 15) is 0 Å². The molecule has 0 radical (unpaired) electrons. The van der Waals surface area contributed by atoms with Crippen molar-refractivity contribution in [3.63, 3.8) is 0 Å². The van der Waals surface area contributed by atoms with E-state index in [-0.39, 0.29) is 0 Å². The molecule has 1 fully saturated rings. The molecule has 0 atom stereocenters. The molecule has 0 unspecified atom stereocenters. The fourth-order valence-corrected chi connectivity index (χ4v) is 3.09. The molecule has 128 valence electrons. The number of methoxy groups -OCH3 is 2. The van der Waals surface area contributed by atoms with Crippen LogP contribution in [0.1, 0.15) is 11.1 Å². The van der Waals surface area contributed by atoms with E-state index in [1.807, 2.05) is 24.5 Å². The first-order valence-electron chi connectivity index (χ1n) is 8.33. The summed E-state index contributed by atoms with van der Waals surface area (Å²) in [5.74, 6) is 1.58. The van der Waals surface area contributed by atoms with Crippen LogP contribution in [-0.4, -0.2) is 55.2 Å². The smallest absolute Gasteiger partial charge is 0.161 e. The normalized spacial score (nSPS) is 16.1. The number of aromatic nitrogens is 1. The van der Waals surface area contributed by atoms with Crippen molar-refractivity contribution in [2.75, 3.05) is 40.4 Å². The van der Waals surface area contributed by atoms with E-state index >= 15 is 0 Å². The van der Waals surface area contributed by atoms with Crippen LogP contribution in [0.3, 0.4) is 0 Å². The maximum absolute atomic E-state index is 5.39. The average molecular weight is 327 g/mol. The highest BCUT2D eigenvalue weighted by molar-refractivity contribution is 5.42. The minimum atomic E-state index is 0.780. The lowest BCUT2D eigenvalue weighted by Crippen LogP contribution is -2.45. The summed E-state index contributed by atoms with van der Waals surface area (Å²) in [4.78, 5) is 9.17. The van der Waals surface area contributed by atoms with Crippen molar-refractivity contribution in [3.8, 4) is 11.5 Å². The zero-order valence-corrected chi connectivity index (χ0v) is 14.4. The number of hydrogen-bond acceptors (Lipinski definition) is 5. The van der Waals surface area contributed by atoms with Crippen LogP contribution in [0, 0.1) is 0 Å². The predicted octanol–water partition coefficient (Wildman–Crippen LogP) is 2.42. The molecule has 1 aromatic carbocycles. The van der Waals surface area contributed by atoms with Crippen molar-refractivity contribution in [1.82, 2.24) is 14.8 Å². The third-order valence-corrected chi connectivity index (χ3v) is 4.45. The van der Waals surface area contributed by atoms with Gasteiger partial charge in [-0.15, -0.1) is 0 Å². The van der Waals surface area contributed by atoms with Gasteiger partial charge in [0.2, 0.25) is 0 Å². The van der Waals surface area contributed by atoms with Crippen molar-refractivity contribution < 1.29 is 9.47 Å². The molecule has 24 heavy (non-hydrogen) atoms. The van der Waals surface area contributed by atoms with Crippen LogP contribution in [0.5, 0.6) is 11.5 Å². The minimum Gasteiger partial charge on any atom is -0.493 e. The number of piperazine rings is 1. The maximum Gasteiger partial charge on any atom is 0.161 e. The first-order valence-corrected chi connectivity index (χ1v) is 8.33. The number of nitrogens with zero attached hydrogens (tertiary/aromatic N) is 3. The quantitative estimate of drug-likeness (QED) is 0.814. The van der Waals surface area contributed by atoms with E-state index < -0.39 is 0 Å². The minimum absolute atomic E-state index is 0.780. The second-order valence-electron chi connectivity index (χ2n) is 6.10. The average Bonchev–Trinajstić information content (AvgIpc) is 2.64. The molecule has 2 aromatic rings. The summed E-state index contributed by atoms with van der Waals surface area (Å²) >= 11 is 0. The van der Waals surface area contributed by atoms with E-state index in [1.165, 1.54) is 11.1 Å². The van der Waals surface area contributed by atoms with Gasteiger partial charge in [0, 0.05) is 51.7 Å². The van der Waals surface area contributed by atoms with E-state index in [0.717, 1.165) is 50.8 Å². The second kappa shape index (κ2) is 8.13. The Kier molecular flexibility index (Phi) is 5.67. The number of benzene rings is 1. The lowest BCUT2D eigenvalue weighted by Gasteiger charge is -2.34. The molecule has 2 heterocycles. The van der Waals surface area contributed by atoms with Gasteiger partial charge in [-0.2, -0.15) is 0 Å². The number of pyridine rings is 1. The highest BCUT2D eigenvalue weighted by Crippen LogP contribution is 2.28. The molecule has 0 saturated carbocycles. The van der Waals surface area contributed by atoms with Gasteiger partial charge in [-0.25, -0.2) is 0 Å². The zero-order chi connectivity index (χ0) is 16.8. The van der Waals surface area contributed by atoms with Crippen molar-refractivity contribution in [2.45, 2.75) is 13.1 Å². The molecule has 0 N–H and O–H groups in total. The Morgan fingerprint density at radius 1 is 0.875 bits per heavy atom. The number of ether oxygens (including phenoxy) is 2. The Hall–Kier alpha value is -2.11. The largest absolute Gasteiger partial charge is 0.493 e. The molecule has 1 aliphatic rings. The Balaban J connectivity index is 1.52. The molecule has 5 nitrogen and oxygen atoms in total. The maximum atomic E-state index is 5.39. The summed E-state index contributed by atoms with van der Waals surface area (Å²) in [5.41, 5.74) is 2.54. The Morgan fingerprint density at radius 2 is 1.54 bits per heavy atom. The Morgan fingerprint density at radius 3 is 2.12 bits per heavy atom. The second-order valence-corrected chi connectivity index (χ2v) is 6.10. The molecule has 0 amide bonds. The van der Waals surface area contributed by atoms with Crippen molar-refractivity contribution >= 4 is 0 Å². The van der Waals surface area contributed by atoms with Crippen molar-refractivity contribution in [3.05, 3.63) is 53.9 Å². The highest BCUT2D eigenvalue weighted by atomic mass is 16.5. The summed E-state index contributed by atoms with van der Waals surface area (Å²) in [6, 6.07) is 10.3. The van der Waals surface area contributed by atoms with Gasteiger partial charge in [0.1, 0.15) is 0 Å². The third-order valence-electron chi connectivity index (χ3n) is 4.45. The summed E-state index contributed by atoms with van der Waals surface area (Å²) in [5, 5.41) is 0. The first kappa shape index (κ1) is 16.7. The number of rotatable bonds is 6. The van der Waals surface area contributed by atoms with Gasteiger partial charge >= 0.3 is 0 Å². The van der Waals surface area contributed by atoms with Crippen LogP contribution >= 0.6 is 0 Å². The fraction of sp³-hybridized carbons (Fsp3) is 0.421.